The summed E-state index contributed by atoms with van der Waals surface area (Å²) in [6.45, 7) is 0. The van der Waals surface area contributed by atoms with Gasteiger partial charge in [0.2, 0.25) is 0 Å². The lowest BCUT2D eigenvalue weighted by molar-refractivity contribution is -0.356. The van der Waals surface area contributed by atoms with Gasteiger partial charge in [0.05, 0.1) is 5.56 Å². The number of rotatable bonds is 4. The third-order valence-corrected chi connectivity index (χ3v) is 3.24. The zero-order valence-electron chi connectivity index (χ0n) is 10.7. The molecule has 1 aromatic heterocycles. The lowest BCUT2D eigenvalue weighted by Crippen LogP contribution is -2.63. The number of hydrogen-bond acceptors (Lipinski definition) is 5. The van der Waals surface area contributed by atoms with Crippen molar-refractivity contribution in [3.63, 3.8) is 0 Å². The number of halogens is 6. The molecule has 130 valence electrons. The minimum atomic E-state index is -6.36. The van der Waals surface area contributed by atoms with E-state index in [0.29, 0.717) is 6.20 Å². The SMILES string of the molecule is O=C(OC(CS(=O)(=O)O)(C(F)(F)F)C(F)(F)F)c1cccnc1. The first-order valence-electron chi connectivity index (χ1n) is 5.41. The van der Waals surface area contributed by atoms with Crippen molar-refractivity contribution in [3.05, 3.63) is 30.1 Å². The van der Waals surface area contributed by atoms with E-state index in [1.807, 2.05) is 0 Å². The highest BCUT2D eigenvalue weighted by Gasteiger charge is 2.76. The number of nitrogens with zero attached hydrogens (tertiary/aromatic N) is 1. The van der Waals surface area contributed by atoms with E-state index in [0.717, 1.165) is 18.3 Å². The lowest BCUT2D eigenvalue weighted by Gasteiger charge is -2.35. The Balaban J connectivity index is 3.42. The first kappa shape index (κ1) is 19.2. The number of alkyl halides is 6. The molecule has 0 atom stereocenters. The Labute approximate surface area is 124 Å². The Morgan fingerprint density at radius 2 is 1.70 bits per heavy atom. The molecule has 1 rings (SSSR count). The topological polar surface area (TPSA) is 93.6 Å². The maximum atomic E-state index is 12.9. The van der Waals surface area contributed by atoms with Gasteiger partial charge in [0.25, 0.3) is 10.1 Å². The Bertz CT molecular complexity index is 655. The first-order chi connectivity index (χ1) is 10.2. The molecule has 23 heavy (non-hydrogen) atoms. The van der Waals surface area contributed by atoms with Gasteiger partial charge in [-0.05, 0) is 12.1 Å². The highest BCUT2D eigenvalue weighted by Crippen LogP contribution is 2.47. The number of ether oxygens (including phenoxy) is 1. The van der Waals surface area contributed by atoms with Crippen molar-refractivity contribution in [1.82, 2.24) is 4.98 Å². The molecule has 0 radical (unpaired) electrons. The molecule has 0 aromatic carbocycles. The van der Waals surface area contributed by atoms with Crippen LogP contribution in [0.1, 0.15) is 10.4 Å². The molecule has 0 bridgehead atoms. The van der Waals surface area contributed by atoms with Crippen LogP contribution in [0.4, 0.5) is 26.3 Å². The Kier molecular flexibility index (Phi) is 4.96. The molecule has 0 unspecified atom stereocenters. The fraction of sp³-hybridized carbons (Fsp3) is 0.400. The van der Waals surface area contributed by atoms with Crippen molar-refractivity contribution >= 4 is 16.1 Å². The fourth-order valence-corrected chi connectivity index (χ4v) is 2.33. The van der Waals surface area contributed by atoms with Crippen molar-refractivity contribution < 1.29 is 48.8 Å². The van der Waals surface area contributed by atoms with Crippen molar-refractivity contribution in [2.75, 3.05) is 5.75 Å². The standard InChI is InChI=1S/C10H7F6NO5S/c11-9(12,13)8(10(14,15)16,5-23(19,20)21)22-7(18)6-2-1-3-17-4-6/h1-4H,5H2,(H,19,20,21). The smallest absolute Gasteiger partial charge is 0.435 e. The van der Waals surface area contributed by atoms with E-state index in [-0.39, 0.29) is 0 Å². The number of hydrogen-bond donors (Lipinski definition) is 1. The predicted octanol–water partition coefficient (Wildman–Crippen LogP) is 1.99. The molecule has 6 nitrogen and oxygen atoms in total. The molecule has 13 heteroatoms. The van der Waals surface area contributed by atoms with Crippen LogP contribution in [-0.4, -0.2) is 47.6 Å². The van der Waals surface area contributed by atoms with Gasteiger partial charge in [-0.1, -0.05) is 0 Å². The van der Waals surface area contributed by atoms with Crippen LogP contribution in [-0.2, 0) is 14.9 Å². The normalized spacial score (nSPS) is 13.7. The van der Waals surface area contributed by atoms with Gasteiger partial charge < -0.3 is 4.74 Å². The largest absolute Gasteiger partial charge is 0.438 e. The zero-order valence-corrected chi connectivity index (χ0v) is 11.5. The van der Waals surface area contributed by atoms with Gasteiger partial charge >= 0.3 is 23.9 Å². The maximum absolute atomic E-state index is 12.9. The van der Waals surface area contributed by atoms with Crippen LogP contribution in [0.15, 0.2) is 24.5 Å². The van der Waals surface area contributed by atoms with Crippen LogP contribution in [0.3, 0.4) is 0 Å². The molecule has 1 aromatic rings. The molecular weight excluding hydrogens is 360 g/mol. The third-order valence-electron chi connectivity index (χ3n) is 2.47. The molecule has 0 aliphatic carbocycles. The van der Waals surface area contributed by atoms with E-state index in [9.17, 15) is 39.6 Å². The summed E-state index contributed by atoms with van der Waals surface area (Å²) in [7, 11) is -5.81. The van der Waals surface area contributed by atoms with Crippen LogP contribution in [0.25, 0.3) is 0 Å². The maximum Gasteiger partial charge on any atom is 0.438 e. The molecule has 0 amide bonds. The van der Waals surface area contributed by atoms with E-state index in [1.165, 1.54) is 0 Å². The van der Waals surface area contributed by atoms with Crippen LogP contribution in [0.5, 0.6) is 0 Å². The quantitative estimate of drug-likeness (QED) is 0.497. The summed E-state index contributed by atoms with van der Waals surface area (Å²) < 4.78 is 110. The van der Waals surface area contributed by atoms with E-state index in [2.05, 4.69) is 9.72 Å². The van der Waals surface area contributed by atoms with Crippen molar-refractivity contribution in [2.45, 2.75) is 18.0 Å². The van der Waals surface area contributed by atoms with Gasteiger partial charge in [-0.25, -0.2) is 4.79 Å². The minimum absolute atomic E-state index is 0.618. The molecule has 0 saturated carbocycles. The number of carbonyl (C=O) groups is 1. The summed E-state index contributed by atoms with van der Waals surface area (Å²) >= 11 is 0. The molecule has 0 fully saturated rings. The molecular formula is C10H7F6NO5S. The minimum Gasteiger partial charge on any atom is -0.435 e. The average Bonchev–Trinajstić information content (AvgIpc) is 2.34. The summed E-state index contributed by atoms with van der Waals surface area (Å²) in [5.74, 6) is -5.05. The zero-order chi connectivity index (χ0) is 18.1. The van der Waals surface area contributed by atoms with Crippen molar-refractivity contribution in [1.29, 1.82) is 0 Å². The number of pyridine rings is 1. The molecule has 0 aliphatic rings. The van der Waals surface area contributed by atoms with Gasteiger partial charge in [0.1, 0.15) is 5.75 Å². The Morgan fingerprint density at radius 1 is 1.17 bits per heavy atom. The third kappa shape index (κ3) is 4.31. The number of carbonyl (C=O) groups excluding carboxylic acids is 1. The van der Waals surface area contributed by atoms with E-state index in [4.69, 9.17) is 4.55 Å². The molecule has 1 N–H and O–H groups in total. The second kappa shape index (κ2) is 5.96. The predicted molar refractivity (Wildman–Crippen MR) is 60.9 cm³/mol. The highest BCUT2D eigenvalue weighted by molar-refractivity contribution is 7.85. The van der Waals surface area contributed by atoms with E-state index < -0.39 is 45.4 Å². The van der Waals surface area contributed by atoms with Crippen LogP contribution < -0.4 is 0 Å². The monoisotopic (exact) mass is 367 g/mol. The summed E-state index contributed by atoms with van der Waals surface area (Å²) in [5, 5.41) is 0. The number of aromatic nitrogens is 1. The average molecular weight is 367 g/mol. The Morgan fingerprint density at radius 3 is 2.04 bits per heavy atom. The fourth-order valence-electron chi connectivity index (χ4n) is 1.43. The summed E-state index contributed by atoms with van der Waals surface area (Å²) in [6, 6.07) is 1.84. The number of esters is 1. The Hall–Kier alpha value is -1.89. The van der Waals surface area contributed by atoms with Crippen LogP contribution in [0, 0.1) is 0 Å². The van der Waals surface area contributed by atoms with Crippen molar-refractivity contribution in [3.8, 4) is 0 Å². The van der Waals surface area contributed by atoms with Crippen LogP contribution >= 0.6 is 0 Å². The summed E-state index contributed by atoms with van der Waals surface area (Å²) in [4.78, 5) is 14.8. The van der Waals surface area contributed by atoms with E-state index >= 15 is 0 Å². The van der Waals surface area contributed by atoms with Gasteiger partial charge in [-0.3, -0.25) is 9.54 Å². The van der Waals surface area contributed by atoms with Gasteiger partial charge in [0.15, 0.2) is 0 Å². The second-order valence-electron chi connectivity index (χ2n) is 4.18. The lowest BCUT2D eigenvalue weighted by atomic mass is 10.1. The highest BCUT2D eigenvalue weighted by atomic mass is 32.2. The van der Waals surface area contributed by atoms with Crippen molar-refractivity contribution in [2.24, 2.45) is 0 Å². The molecule has 0 saturated heterocycles. The summed E-state index contributed by atoms with van der Waals surface area (Å²) in [6.07, 6.45) is -11.0. The van der Waals surface area contributed by atoms with Gasteiger partial charge in [-0.2, -0.15) is 34.8 Å². The van der Waals surface area contributed by atoms with Crippen LogP contribution in [0.2, 0.25) is 0 Å². The van der Waals surface area contributed by atoms with Gasteiger partial charge in [-0.15, -0.1) is 0 Å². The second-order valence-corrected chi connectivity index (χ2v) is 5.63. The first-order valence-corrected chi connectivity index (χ1v) is 7.02. The molecule has 1 heterocycles. The summed E-state index contributed by atoms with van der Waals surface area (Å²) in [5.41, 5.74) is -6.21. The molecule has 0 aliphatic heterocycles. The van der Waals surface area contributed by atoms with E-state index in [1.54, 1.807) is 0 Å². The van der Waals surface area contributed by atoms with Gasteiger partial charge in [0, 0.05) is 12.4 Å². The molecule has 0 spiro atoms.